The quantitative estimate of drug-likeness (QED) is 0.848. The normalized spacial score (nSPS) is 20.1. The van der Waals surface area contributed by atoms with Gasteiger partial charge in [0.2, 0.25) is 0 Å². The molecule has 0 amide bonds. The SMILES string of the molecule is CC(C)c1nc2cccnc2n1CC1CCCS1. The molecule has 1 fully saturated rings. The highest BCUT2D eigenvalue weighted by Crippen LogP contribution is 2.30. The molecule has 1 unspecified atom stereocenters. The second-order valence-corrected chi connectivity index (χ2v) is 6.62. The number of thioether (sulfide) groups is 1. The third-order valence-electron chi connectivity index (χ3n) is 3.46. The first-order valence-electron chi connectivity index (χ1n) is 6.68. The van der Waals surface area contributed by atoms with Crippen molar-refractivity contribution in [3.63, 3.8) is 0 Å². The minimum Gasteiger partial charge on any atom is -0.311 e. The minimum absolute atomic E-state index is 0.450. The maximum absolute atomic E-state index is 4.75. The zero-order valence-corrected chi connectivity index (χ0v) is 11.8. The van der Waals surface area contributed by atoms with Crippen molar-refractivity contribution in [3.05, 3.63) is 24.2 Å². The summed E-state index contributed by atoms with van der Waals surface area (Å²) >= 11 is 2.09. The Balaban J connectivity index is 2.03. The van der Waals surface area contributed by atoms with Gasteiger partial charge in [0.05, 0.1) is 0 Å². The predicted molar refractivity (Wildman–Crippen MR) is 77.1 cm³/mol. The van der Waals surface area contributed by atoms with Crippen LogP contribution in [-0.2, 0) is 6.54 Å². The van der Waals surface area contributed by atoms with Gasteiger partial charge in [-0.2, -0.15) is 11.8 Å². The first-order valence-corrected chi connectivity index (χ1v) is 7.73. The Hall–Kier alpha value is -1.03. The van der Waals surface area contributed by atoms with E-state index >= 15 is 0 Å². The monoisotopic (exact) mass is 261 g/mol. The van der Waals surface area contributed by atoms with E-state index in [0.29, 0.717) is 5.92 Å². The van der Waals surface area contributed by atoms with Crippen LogP contribution in [0.1, 0.15) is 38.4 Å². The number of aromatic nitrogens is 3. The lowest BCUT2D eigenvalue weighted by atomic mass is 10.2. The molecule has 0 saturated carbocycles. The molecular weight excluding hydrogens is 242 g/mol. The van der Waals surface area contributed by atoms with E-state index in [2.05, 4.69) is 41.2 Å². The second kappa shape index (κ2) is 4.92. The molecule has 0 aliphatic carbocycles. The highest BCUT2D eigenvalue weighted by atomic mass is 32.2. The molecule has 3 heterocycles. The summed E-state index contributed by atoms with van der Waals surface area (Å²) in [5.74, 6) is 2.93. The van der Waals surface area contributed by atoms with Gasteiger partial charge in [0.25, 0.3) is 0 Å². The van der Waals surface area contributed by atoms with Gasteiger partial charge in [0, 0.05) is 23.9 Å². The summed E-state index contributed by atoms with van der Waals surface area (Å²) in [7, 11) is 0. The van der Waals surface area contributed by atoms with Crippen molar-refractivity contribution in [2.45, 2.75) is 44.4 Å². The number of hydrogen-bond acceptors (Lipinski definition) is 3. The van der Waals surface area contributed by atoms with Gasteiger partial charge in [0.15, 0.2) is 5.65 Å². The van der Waals surface area contributed by atoms with E-state index in [0.717, 1.165) is 23.0 Å². The van der Waals surface area contributed by atoms with Crippen molar-refractivity contribution in [3.8, 4) is 0 Å². The van der Waals surface area contributed by atoms with Gasteiger partial charge in [-0.05, 0) is 30.7 Å². The lowest BCUT2D eigenvalue weighted by molar-refractivity contribution is 0.598. The summed E-state index contributed by atoms with van der Waals surface area (Å²) in [4.78, 5) is 9.26. The largest absolute Gasteiger partial charge is 0.311 e. The van der Waals surface area contributed by atoms with Crippen LogP contribution in [0.5, 0.6) is 0 Å². The zero-order chi connectivity index (χ0) is 12.5. The van der Waals surface area contributed by atoms with E-state index in [-0.39, 0.29) is 0 Å². The fraction of sp³-hybridized carbons (Fsp3) is 0.571. The molecule has 0 spiro atoms. The van der Waals surface area contributed by atoms with Crippen molar-refractivity contribution in [2.24, 2.45) is 0 Å². The Labute approximate surface area is 112 Å². The standard InChI is InChI=1S/C14H19N3S/c1-10(2)13-16-12-6-3-7-15-14(12)17(13)9-11-5-4-8-18-11/h3,6-7,10-11H,4-5,8-9H2,1-2H3. The van der Waals surface area contributed by atoms with Gasteiger partial charge in [-0.15, -0.1) is 0 Å². The molecule has 0 radical (unpaired) electrons. The third kappa shape index (κ3) is 2.14. The summed E-state index contributed by atoms with van der Waals surface area (Å²) in [5, 5.41) is 0.738. The molecule has 96 valence electrons. The van der Waals surface area contributed by atoms with Crippen molar-refractivity contribution in [1.82, 2.24) is 14.5 Å². The minimum atomic E-state index is 0.450. The first-order chi connectivity index (χ1) is 8.75. The van der Waals surface area contributed by atoms with Crippen LogP contribution < -0.4 is 0 Å². The summed E-state index contributed by atoms with van der Waals surface area (Å²) in [6.07, 6.45) is 4.55. The molecule has 0 aromatic carbocycles. The van der Waals surface area contributed by atoms with Gasteiger partial charge in [-0.25, -0.2) is 9.97 Å². The van der Waals surface area contributed by atoms with Crippen LogP contribution in [0.15, 0.2) is 18.3 Å². The summed E-state index contributed by atoms with van der Waals surface area (Å²) < 4.78 is 2.34. The predicted octanol–water partition coefficient (Wildman–Crippen LogP) is 3.45. The number of rotatable bonds is 3. The van der Waals surface area contributed by atoms with Crippen LogP contribution in [0.3, 0.4) is 0 Å². The third-order valence-corrected chi connectivity index (χ3v) is 4.84. The van der Waals surface area contributed by atoms with E-state index in [1.54, 1.807) is 0 Å². The number of nitrogens with zero attached hydrogens (tertiary/aromatic N) is 3. The van der Waals surface area contributed by atoms with Gasteiger partial charge < -0.3 is 4.57 Å². The molecule has 1 saturated heterocycles. The highest BCUT2D eigenvalue weighted by Gasteiger charge is 2.21. The molecule has 4 heteroatoms. The van der Waals surface area contributed by atoms with E-state index in [9.17, 15) is 0 Å². The Kier molecular flexibility index (Phi) is 3.29. The van der Waals surface area contributed by atoms with E-state index < -0.39 is 0 Å². The van der Waals surface area contributed by atoms with Crippen LogP contribution >= 0.6 is 11.8 Å². The molecule has 3 nitrogen and oxygen atoms in total. The number of fused-ring (bicyclic) bond motifs is 1. The smallest absolute Gasteiger partial charge is 0.160 e. The lowest BCUT2D eigenvalue weighted by Gasteiger charge is -2.14. The topological polar surface area (TPSA) is 30.7 Å². The Morgan fingerprint density at radius 1 is 1.50 bits per heavy atom. The number of hydrogen-bond donors (Lipinski definition) is 0. The molecule has 1 aliphatic rings. The van der Waals surface area contributed by atoms with Crippen LogP contribution in [0.2, 0.25) is 0 Å². The zero-order valence-electron chi connectivity index (χ0n) is 11.0. The number of imidazole rings is 1. The summed E-state index contributed by atoms with van der Waals surface area (Å²) in [6.45, 7) is 5.48. The maximum Gasteiger partial charge on any atom is 0.160 e. The highest BCUT2D eigenvalue weighted by molar-refractivity contribution is 8.00. The fourth-order valence-corrected chi connectivity index (χ4v) is 3.84. The lowest BCUT2D eigenvalue weighted by Crippen LogP contribution is -2.14. The van der Waals surface area contributed by atoms with E-state index in [1.165, 1.54) is 24.4 Å². The Bertz CT molecular complexity index is 541. The van der Waals surface area contributed by atoms with Crippen molar-refractivity contribution >= 4 is 22.9 Å². The van der Waals surface area contributed by atoms with E-state index in [4.69, 9.17) is 4.98 Å². The van der Waals surface area contributed by atoms with Crippen LogP contribution in [0.4, 0.5) is 0 Å². The molecule has 2 aromatic heterocycles. The fourth-order valence-electron chi connectivity index (χ4n) is 2.59. The maximum atomic E-state index is 4.75. The average molecular weight is 261 g/mol. The van der Waals surface area contributed by atoms with Gasteiger partial charge in [-0.1, -0.05) is 13.8 Å². The molecule has 1 aliphatic heterocycles. The van der Waals surface area contributed by atoms with Gasteiger partial charge in [-0.3, -0.25) is 0 Å². The van der Waals surface area contributed by atoms with Crippen LogP contribution in [0, 0.1) is 0 Å². The Morgan fingerprint density at radius 3 is 3.11 bits per heavy atom. The molecule has 3 rings (SSSR count). The molecule has 2 aromatic rings. The average Bonchev–Trinajstić information content (AvgIpc) is 2.98. The first kappa shape index (κ1) is 12.0. The van der Waals surface area contributed by atoms with Crippen molar-refractivity contribution in [1.29, 1.82) is 0 Å². The molecular formula is C14H19N3S. The Morgan fingerprint density at radius 2 is 2.39 bits per heavy atom. The molecule has 0 bridgehead atoms. The van der Waals surface area contributed by atoms with Crippen LogP contribution in [-0.4, -0.2) is 25.5 Å². The molecule has 1 atom stereocenters. The van der Waals surface area contributed by atoms with Gasteiger partial charge in [0.1, 0.15) is 11.3 Å². The second-order valence-electron chi connectivity index (χ2n) is 5.22. The van der Waals surface area contributed by atoms with Crippen molar-refractivity contribution in [2.75, 3.05) is 5.75 Å². The number of pyridine rings is 1. The molecule has 18 heavy (non-hydrogen) atoms. The summed E-state index contributed by atoms with van der Waals surface area (Å²) in [6, 6.07) is 4.03. The van der Waals surface area contributed by atoms with Gasteiger partial charge >= 0.3 is 0 Å². The summed E-state index contributed by atoms with van der Waals surface area (Å²) in [5.41, 5.74) is 2.08. The molecule has 0 N–H and O–H groups in total. The van der Waals surface area contributed by atoms with Crippen molar-refractivity contribution < 1.29 is 0 Å². The van der Waals surface area contributed by atoms with E-state index in [1.807, 2.05) is 12.3 Å². The van der Waals surface area contributed by atoms with Crippen LogP contribution in [0.25, 0.3) is 11.2 Å².